The molecule has 0 spiro atoms. The van der Waals surface area contributed by atoms with E-state index >= 15 is 0 Å². The highest BCUT2D eigenvalue weighted by Gasteiger charge is 2.16. The summed E-state index contributed by atoms with van der Waals surface area (Å²) in [5.41, 5.74) is 0.679. The molecular formula is C13H17FN2O2. The lowest BCUT2D eigenvalue weighted by molar-refractivity contribution is -0.128. The summed E-state index contributed by atoms with van der Waals surface area (Å²) in [4.78, 5) is 22.5. The van der Waals surface area contributed by atoms with Gasteiger partial charge in [0.2, 0.25) is 11.8 Å². The summed E-state index contributed by atoms with van der Waals surface area (Å²) < 4.78 is 13.0. The van der Waals surface area contributed by atoms with Crippen LogP contribution in [0.5, 0.6) is 0 Å². The molecule has 2 amide bonds. The molecule has 5 heteroatoms. The molecule has 1 aromatic carbocycles. The van der Waals surface area contributed by atoms with Crippen LogP contribution in [0.25, 0.3) is 0 Å². The highest BCUT2D eigenvalue weighted by molar-refractivity contribution is 5.86. The standard InChI is InChI=1S/C13H17FN2O2/c1-8(11-5-4-6-12(14)7-11)16-13(18)9(2)15-10(3)17/h4-9H,1-3H3,(H,15,17)(H,16,18)/t8-,9+/m1/s1. The van der Waals surface area contributed by atoms with E-state index in [2.05, 4.69) is 10.6 Å². The first-order valence-electron chi connectivity index (χ1n) is 5.73. The number of amides is 2. The fourth-order valence-corrected chi connectivity index (χ4v) is 1.57. The molecule has 0 aliphatic heterocycles. The van der Waals surface area contributed by atoms with Crippen molar-refractivity contribution in [2.75, 3.05) is 0 Å². The van der Waals surface area contributed by atoms with E-state index in [0.717, 1.165) is 0 Å². The van der Waals surface area contributed by atoms with E-state index in [4.69, 9.17) is 0 Å². The zero-order chi connectivity index (χ0) is 13.7. The van der Waals surface area contributed by atoms with Gasteiger partial charge in [0.25, 0.3) is 0 Å². The van der Waals surface area contributed by atoms with Crippen LogP contribution in [0.1, 0.15) is 32.4 Å². The Kier molecular flexibility index (Phi) is 4.83. The highest BCUT2D eigenvalue weighted by atomic mass is 19.1. The minimum atomic E-state index is -0.612. The lowest BCUT2D eigenvalue weighted by Gasteiger charge is -2.18. The Morgan fingerprint density at radius 2 is 1.89 bits per heavy atom. The van der Waals surface area contributed by atoms with Gasteiger partial charge in [-0.2, -0.15) is 0 Å². The first kappa shape index (κ1) is 14.2. The number of benzene rings is 1. The van der Waals surface area contributed by atoms with Gasteiger partial charge in [-0.15, -0.1) is 0 Å². The minimum Gasteiger partial charge on any atom is -0.348 e. The summed E-state index contributed by atoms with van der Waals surface area (Å²) in [6, 6.07) is 5.11. The Morgan fingerprint density at radius 1 is 1.22 bits per heavy atom. The van der Waals surface area contributed by atoms with E-state index in [0.29, 0.717) is 5.56 Å². The molecule has 0 heterocycles. The van der Waals surface area contributed by atoms with Crippen LogP contribution in [0.15, 0.2) is 24.3 Å². The van der Waals surface area contributed by atoms with Crippen molar-refractivity contribution in [3.63, 3.8) is 0 Å². The molecule has 0 aliphatic carbocycles. The summed E-state index contributed by atoms with van der Waals surface area (Å²) in [7, 11) is 0. The third-order valence-electron chi connectivity index (χ3n) is 2.52. The molecule has 2 atom stereocenters. The van der Waals surface area contributed by atoms with Gasteiger partial charge in [0.1, 0.15) is 11.9 Å². The molecule has 0 radical (unpaired) electrons. The van der Waals surface area contributed by atoms with Crippen molar-refractivity contribution in [3.05, 3.63) is 35.6 Å². The maximum absolute atomic E-state index is 13.0. The number of hydrogen-bond acceptors (Lipinski definition) is 2. The van der Waals surface area contributed by atoms with Crippen LogP contribution in [0.4, 0.5) is 4.39 Å². The second kappa shape index (κ2) is 6.14. The predicted molar refractivity (Wildman–Crippen MR) is 66.2 cm³/mol. The predicted octanol–water partition coefficient (Wildman–Crippen LogP) is 1.53. The fraction of sp³-hybridized carbons (Fsp3) is 0.385. The molecule has 1 aromatic rings. The molecule has 0 aliphatic rings. The van der Waals surface area contributed by atoms with Gasteiger partial charge in [-0.1, -0.05) is 12.1 Å². The molecule has 0 aromatic heterocycles. The van der Waals surface area contributed by atoms with Crippen LogP contribution in [-0.4, -0.2) is 17.9 Å². The Morgan fingerprint density at radius 3 is 2.44 bits per heavy atom. The van der Waals surface area contributed by atoms with Gasteiger partial charge >= 0.3 is 0 Å². The van der Waals surface area contributed by atoms with Gasteiger partial charge in [-0.25, -0.2) is 4.39 Å². The van der Waals surface area contributed by atoms with Gasteiger partial charge in [-0.3, -0.25) is 9.59 Å². The largest absolute Gasteiger partial charge is 0.348 e. The number of halogens is 1. The van der Waals surface area contributed by atoms with Crippen LogP contribution in [0, 0.1) is 5.82 Å². The van der Waals surface area contributed by atoms with Gasteiger partial charge in [0.05, 0.1) is 6.04 Å². The van der Waals surface area contributed by atoms with Crippen molar-refractivity contribution in [2.24, 2.45) is 0 Å². The molecular weight excluding hydrogens is 235 g/mol. The zero-order valence-electron chi connectivity index (χ0n) is 10.7. The van der Waals surface area contributed by atoms with E-state index in [1.807, 2.05) is 0 Å². The first-order valence-corrected chi connectivity index (χ1v) is 5.73. The van der Waals surface area contributed by atoms with Crippen molar-refractivity contribution < 1.29 is 14.0 Å². The Labute approximate surface area is 106 Å². The van der Waals surface area contributed by atoms with Gasteiger partial charge in [0, 0.05) is 6.92 Å². The van der Waals surface area contributed by atoms with Crippen molar-refractivity contribution >= 4 is 11.8 Å². The Balaban J connectivity index is 2.62. The van der Waals surface area contributed by atoms with Crippen LogP contribution < -0.4 is 10.6 Å². The summed E-state index contributed by atoms with van der Waals surface area (Å²) in [6.45, 7) is 4.70. The number of carbonyl (C=O) groups excluding carboxylic acids is 2. The van der Waals surface area contributed by atoms with E-state index < -0.39 is 6.04 Å². The molecule has 0 saturated carbocycles. The molecule has 1 rings (SSSR count). The monoisotopic (exact) mass is 252 g/mol. The third-order valence-corrected chi connectivity index (χ3v) is 2.52. The molecule has 4 nitrogen and oxygen atoms in total. The fourth-order valence-electron chi connectivity index (χ4n) is 1.57. The van der Waals surface area contributed by atoms with Crippen molar-refractivity contribution in [1.82, 2.24) is 10.6 Å². The number of nitrogens with one attached hydrogen (secondary N) is 2. The second-order valence-corrected chi connectivity index (χ2v) is 4.21. The SMILES string of the molecule is CC(=O)N[C@@H](C)C(=O)N[C@H](C)c1cccc(F)c1. The molecule has 2 N–H and O–H groups in total. The average Bonchev–Trinajstić information content (AvgIpc) is 2.27. The molecule has 0 unspecified atom stereocenters. The quantitative estimate of drug-likeness (QED) is 0.853. The molecule has 18 heavy (non-hydrogen) atoms. The normalized spacial score (nSPS) is 13.6. The molecule has 98 valence electrons. The molecule has 0 fully saturated rings. The van der Waals surface area contributed by atoms with E-state index in [-0.39, 0.29) is 23.7 Å². The average molecular weight is 252 g/mol. The van der Waals surface area contributed by atoms with E-state index in [9.17, 15) is 14.0 Å². The molecule has 0 bridgehead atoms. The van der Waals surface area contributed by atoms with Crippen molar-refractivity contribution in [2.45, 2.75) is 32.9 Å². The first-order chi connectivity index (χ1) is 8.40. The van der Waals surface area contributed by atoms with Crippen LogP contribution in [0.2, 0.25) is 0 Å². The summed E-state index contributed by atoms with van der Waals surface area (Å²) >= 11 is 0. The van der Waals surface area contributed by atoms with Crippen LogP contribution >= 0.6 is 0 Å². The lowest BCUT2D eigenvalue weighted by atomic mass is 10.1. The Bertz CT molecular complexity index is 448. The van der Waals surface area contributed by atoms with E-state index in [1.54, 1.807) is 26.0 Å². The lowest BCUT2D eigenvalue weighted by Crippen LogP contribution is -2.44. The molecule has 0 saturated heterocycles. The van der Waals surface area contributed by atoms with Gasteiger partial charge in [-0.05, 0) is 31.5 Å². The second-order valence-electron chi connectivity index (χ2n) is 4.21. The zero-order valence-corrected chi connectivity index (χ0v) is 10.7. The summed E-state index contributed by atoms with van der Waals surface area (Å²) in [5, 5.41) is 5.19. The number of carbonyl (C=O) groups is 2. The number of hydrogen-bond donors (Lipinski definition) is 2. The topological polar surface area (TPSA) is 58.2 Å². The highest BCUT2D eigenvalue weighted by Crippen LogP contribution is 2.13. The van der Waals surface area contributed by atoms with E-state index in [1.165, 1.54) is 19.1 Å². The summed E-state index contributed by atoms with van der Waals surface area (Å²) in [6.07, 6.45) is 0. The maximum atomic E-state index is 13.0. The van der Waals surface area contributed by atoms with Crippen LogP contribution in [-0.2, 0) is 9.59 Å². The van der Waals surface area contributed by atoms with Crippen LogP contribution in [0.3, 0.4) is 0 Å². The third kappa shape index (κ3) is 4.16. The van der Waals surface area contributed by atoms with Crippen molar-refractivity contribution in [3.8, 4) is 0 Å². The van der Waals surface area contributed by atoms with Gasteiger partial charge in [0.15, 0.2) is 0 Å². The van der Waals surface area contributed by atoms with Crippen molar-refractivity contribution in [1.29, 1.82) is 0 Å². The Hall–Kier alpha value is -1.91. The number of rotatable bonds is 4. The van der Waals surface area contributed by atoms with Gasteiger partial charge < -0.3 is 10.6 Å². The summed E-state index contributed by atoms with van der Waals surface area (Å²) in [5.74, 6) is -0.915. The smallest absolute Gasteiger partial charge is 0.242 e. The minimum absolute atomic E-state index is 0.268. The maximum Gasteiger partial charge on any atom is 0.242 e.